The molecular formula is C33H64O5. The first-order valence-corrected chi connectivity index (χ1v) is 16.5. The van der Waals surface area contributed by atoms with Gasteiger partial charge in [-0.3, -0.25) is 9.59 Å². The lowest BCUT2D eigenvalue weighted by molar-refractivity contribution is -0.161. The van der Waals surface area contributed by atoms with E-state index in [-0.39, 0.29) is 25.2 Å². The lowest BCUT2D eigenvalue weighted by Crippen LogP contribution is -2.28. The Balaban J connectivity index is 3.49. The fraction of sp³-hybridized carbons (Fsp3) is 0.939. The molecule has 5 heteroatoms. The van der Waals surface area contributed by atoms with Crippen molar-refractivity contribution >= 4 is 11.9 Å². The van der Waals surface area contributed by atoms with E-state index in [0.717, 1.165) is 38.0 Å². The van der Waals surface area contributed by atoms with Gasteiger partial charge in [0.05, 0.1) is 6.61 Å². The Morgan fingerprint density at radius 2 is 0.974 bits per heavy atom. The highest BCUT2D eigenvalue weighted by Gasteiger charge is 2.16. The van der Waals surface area contributed by atoms with E-state index in [1.54, 1.807) is 0 Å². The van der Waals surface area contributed by atoms with Crippen LogP contribution in [-0.4, -0.2) is 36.4 Å². The lowest BCUT2D eigenvalue weighted by atomic mass is 10.0. The number of aliphatic hydroxyl groups is 1. The van der Waals surface area contributed by atoms with Crippen LogP contribution in [0.4, 0.5) is 0 Å². The molecule has 1 N–H and O–H groups in total. The minimum absolute atomic E-state index is 0.0593. The zero-order valence-electron chi connectivity index (χ0n) is 25.6. The molecule has 0 bridgehead atoms. The van der Waals surface area contributed by atoms with Gasteiger partial charge in [0.2, 0.25) is 0 Å². The zero-order valence-corrected chi connectivity index (χ0v) is 25.6. The summed E-state index contributed by atoms with van der Waals surface area (Å²) in [7, 11) is 0. The molecule has 0 aromatic carbocycles. The summed E-state index contributed by atoms with van der Waals surface area (Å²) in [6.45, 7) is 6.44. The first-order chi connectivity index (χ1) is 18.5. The monoisotopic (exact) mass is 540 g/mol. The highest BCUT2D eigenvalue weighted by molar-refractivity contribution is 5.70. The van der Waals surface area contributed by atoms with Gasteiger partial charge >= 0.3 is 11.9 Å². The summed E-state index contributed by atoms with van der Waals surface area (Å²) in [5, 5.41) is 9.44. The van der Waals surface area contributed by atoms with Gasteiger partial charge in [-0.1, -0.05) is 149 Å². The minimum atomic E-state index is -0.759. The van der Waals surface area contributed by atoms with Crippen molar-refractivity contribution in [1.29, 1.82) is 0 Å². The molecular weight excluding hydrogens is 476 g/mol. The van der Waals surface area contributed by atoms with Crippen LogP contribution in [0.3, 0.4) is 0 Å². The molecule has 0 rings (SSSR count). The van der Waals surface area contributed by atoms with Crippen molar-refractivity contribution in [3.63, 3.8) is 0 Å². The van der Waals surface area contributed by atoms with Gasteiger partial charge in [-0.2, -0.15) is 0 Å². The number of esters is 2. The Kier molecular flexibility index (Phi) is 28.1. The fourth-order valence-electron chi connectivity index (χ4n) is 4.80. The van der Waals surface area contributed by atoms with Gasteiger partial charge < -0.3 is 14.6 Å². The number of unbranched alkanes of at least 4 members (excludes halogenated alkanes) is 19. The van der Waals surface area contributed by atoms with Crippen LogP contribution in [0.15, 0.2) is 0 Å². The van der Waals surface area contributed by atoms with Crippen molar-refractivity contribution in [3.05, 3.63) is 0 Å². The normalized spacial score (nSPS) is 12.1. The molecule has 0 spiro atoms. The molecule has 5 nitrogen and oxygen atoms in total. The summed E-state index contributed by atoms with van der Waals surface area (Å²) in [5.41, 5.74) is 0. The van der Waals surface area contributed by atoms with Crippen LogP contribution < -0.4 is 0 Å². The average Bonchev–Trinajstić information content (AvgIpc) is 2.90. The molecule has 226 valence electrons. The molecule has 0 heterocycles. The Hall–Kier alpha value is -1.10. The molecule has 0 saturated heterocycles. The summed E-state index contributed by atoms with van der Waals surface area (Å²) in [6, 6.07) is 0. The van der Waals surface area contributed by atoms with E-state index in [1.807, 2.05) is 0 Å². The maximum absolute atomic E-state index is 12.0. The van der Waals surface area contributed by atoms with Gasteiger partial charge in [-0.15, -0.1) is 0 Å². The highest BCUT2D eigenvalue weighted by atomic mass is 16.6. The molecule has 38 heavy (non-hydrogen) atoms. The highest BCUT2D eigenvalue weighted by Crippen LogP contribution is 2.15. The third kappa shape index (κ3) is 27.9. The first kappa shape index (κ1) is 36.9. The van der Waals surface area contributed by atoms with Crippen LogP contribution in [-0.2, 0) is 19.1 Å². The second-order valence-electron chi connectivity index (χ2n) is 11.7. The average molecular weight is 541 g/mol. The molecule has 0 aliphatic carbocycles. The molecule has 0 unspecified atom stereocenters. The van der Waals surface area contributed by atoms with E-state index in [4.69, 9.17) is 9.47 Å². The Bertz CT molecular complexity index is 520. The Labute approximate surface area is 236 Å². The molecule has 0 aromatic heterocycles. The Morgan fingerprint density at radius 3 is 1.39 bits per heavy atom. The van der Waals surface area contributed by atoms with E-state index in [2.05, 4.69) is 20.8 Å². The third-order valence-electron chi connectivity index (χ3n) is 7.33. The van der Waals surface area contributed by atoms with Gasteiger partial charge in [0.25, 0.3) is 0 Å². The van der Waals surface area contributed by atoms with Crippen molar-refractivity contribution in [1.82, 2.24) is 0 Å². The first-order valence-electron chi connectivity index (χ1n) is 16.5. The van der Waals surface area contributed by atoms with Crippen LogP contribution in [0, 0.1) is 5.92 Å². The summed E-state index contributed by atoms with van der Waals surface area (Å²) in [5.74, 6) is 0.262. The van der Waals surface area contributed by atoms with Crippen LogP contribution in [0.25, 0.3) is 0 Å². The minimum Gasteiger partial charge on any atom is -0.462 e. The zero-order chi connectivity index (χ0) is 28.1. The predicted molar refractivity (Wildman–Crippen MR) is 159 cm³/mol. The number of carbonyl (C=O) groups excluding carboxylic acids is 2. The standard InChI is InChI=1S/C33H64O5/c1-4-5-6-7-16-21-24-27-33(36)38-31(28-34)29-37-32(35)26-23-20-18-15-13-11-9-8-10-12-14-17-19-22-25-30(2)3/h30-31,34H,4-29H2,1-3H3/t31-/m0/s1. The number of ether oxygens (including phenoxy) is 2. The largest absolute Gasteiger partial charge is 0.462 e. The number of hydrogen-bond donors (Lipinski definition) is 1. The van der Waals surface area contributed by atoms with E-state index in [1.165, 1.54) is 109 Å². The summed E-state index contributed by atoms with van der Waals surface area (Å²) >= 11 is 0. The van der Waals surface area contributed by atoms with Crippen LogP contribution in [0.1, 0.15) is 175 Å². The van der Waals surface area contributed by atoms with Gasteiger partial charge in [0, 0.05) is 12.8 Å². The van der Waals surface area contributed by atoms with Crippen molar-refractivity contribution in [2.45, 2.75) is 181 Å². The molecule has 0 radical (unpaired) electrons. The van der Waals surface area contributed by atoms with Crippen molar-refractivity contribution in [2.24, 2.45) is 5.92 Å². The molecule has 0 aliphatic heterocycles. The molecule has 0 aromatic rings. The SMILES string of the molecule is CCCCCCCCCC(=O)O[C@@H](CO)COC(=O)CCCCCCCCCCCCCCCCC(C)C. The molecule has 0 fully saturated rings. The van der Waals surface area contributed by atoms with Crippen LogP contribution in [0.5, 0.6) is 0 Å². The second kappa shape index (κ2) is 28.9. The van der Waals surface area contributed by atoms with E-state index < -0.39 is 6.10 Å². The third-order valence-corrected chi connectivity index (χ3v) is 7.33. The smallest absolute Gasteiger partial charge is 0.306 e. The lowest BCUT2D eigenvalue weighted by Gasteiger charge is -2.15. The van der Waals surface area contributed by atoms with Crippen molar-refractivity contribution < 1.29 is 24.2 Å². The topological polar surface area (TPSA) is 72.8 Å². The summed E-state index contributed by atoms with van der Waals surface area (Å²) < 4.78 is 10.5. The number of carbonyl (C=O) groups is 2. The number of aliphatic hydroxyl groups excluding tert-OH is 1. The maximum atomic E-state index is 12.0. The quantitative estimate of drug-likeness (QED) is 0.0755. The van der Waals surface area contributed by atoms with Crippen molar-refractivity contribution in [2.75, 3.05) is 13.2 Å². The molecule has 0 aliphatic rings. The molecule has 1 atom stereocenters. The predicted octanol–water partition coefficient (Wildman–Crippen LogP) is 9.47. The second-order valence-corrected chi connectivity index (χ2v) is 11.7. The molecule has 0 amide bonds. The Morgan fingerprint density at radius 1 is 0.579 bits per heavy atom. The number of hydrogen-bond acceptors (Lipinski definition) is 5. The number of rotatable bonds is 29. The summed E-state index contributed by atoms with van der Waals surface area (Å²) in [6.07, 6.45) is 27.4. The molecule has 0 saturated carbocycles. The van der Waals surface area contributed by atoms with Crippen LogP contribution in [0.2, 0.25) is 0 Å². The van der Waals surface area contributed by atoms with E-state index in [9.17, 15) is 14.7 Å². The maximum Gasteiger partial charge on any atom is 0.306 e. The van der Waals surface area contributed by atoms with Gasteiger partial charge in [-0.05, 0) is 18.8 Å². The van der Waals surface area contributed by atoms with Crippen LogP contribution >= 0.6 is 0 Å². The summed E-state index contributed by atoms with van der Waals surface area (Å²) in [4.78, 5) is 23.9. The van der Waals surface area contributed by atoms with E-state index in [0.29, 0.717) is 12.8 Å². The van der Waals surface area contributed by atoms with Crippen molar-refractivity contribution in [3.8, 4) is 0 Å². The van der Waals surface area contributed by atoms with E-state index >= 15 is 0 Å². The van der Waals surface area contributed by atoms with Gasteiger partial charge in [0.15, 0.2) is 6.10 Å². The fourth-order valence-corrected chi connectivity index (χ4v) is 4.80. The van der Waals surface area contributed by atoms with Gasteiger partial charge in [0.1, 0.15) is 6.61 Å². The van der Waals surface area contributed by atoms with Gasteiger partial charge in [-0.25, -0.2) is 0 Å².